The van der Waals surface area contributed by atoms with Gasteiger partial charge in [-0.25, -0.2) is 4.68 Å². The fraction of sp³-hybridized carbons (Fsp3) is 0.407. The predicted molar refractivity (Wildman–Crippen MR) is 134 cm³/mol. The van der Waals surface area contributed by atoms with Gasteiger partial charge in [-0.1, -0.05) is 37.6 Å². The summed E-state index contributed by atoms with van der Waals surface area (Å²) in [6.07, 6.45) is 2.00. The van der Waals surface area contributed by atoms with Crippen LogP contribution in [0.4, 0.5) is 0 Å². The lowest BCUT2D eigenvalue weighted by molar-refractivity contribution is -0.122. The van der Waals surface area contributed by atoms with Gasteiger partial charge in [0.25, 0.3) is 0 Å². The van der Waals surface area contributed by atoms with Crippen molar-refractivity contribution in [1.82, 2.24) is 24.9 Å². The van der Waals surface area contributed by atoms with Gasteiger partial charge in [0, 0.05) is 38.4 Å². The van der Waals surface area contributed by atoms with E-state index in [0.717, 1.165) is 68.4 Å². The van der Waals surface area contributed by atoms with Gasteiger partial charge in [-0.3, -0.25) is 14.6 Å². The smallest absolute Gasteiger partial charge is 0.234 e. The monoisotopic (exact) mass is 475 g/mol. The van der Waals surface area contributed by atoms with Crippen LogP contribution < -0.4 is 14.8 Å². The molecule has 0 aliphatic carbocycles. The number of para-hydroxylation sites is 1. The van der Waals surface area contributed by atoms with Crippen molar-refractivity contribution in [3.63, 3.8) is 0 Å². The van der Waals surface area contributed by atoms with Crippen molar-refractivity contribution in [1.29, 1.82) is 0 Å². The maximum atomic E-state index is 12.6. The molecule has 0 radical (unpaired) electrons. The van der Waals surface area contributed by atoms with Crippen LogP contribution in [0.2, 0.25) is 0 Å². The summed E-state index contributed by atoms with van der Waals surface area (Å²) < 4.78 is 12.9. The Bertz CT molecular complexity index is 1140. The number of piperazine rings is 1. The number of benzene rings is 2. The van der Waals surface area contributed by atoms with E-state index in [4.69, 9.17) is 14.6 Å². The van der Waals surface area contributed by atoms with Crippen molar-refractivity contribution < 1.29 is 14.3 Å². The number of nitrogens with zero attached hydrogens (tertiary/aromatic N) is 4. The molecule has 3 aromatic rings. The molecule has 3 heterocycles. The second-order valence-electron chi connectivity index (χ2n) is 9.14. The molecule has 1 amide bonds. The summed E-state index contributed by atoms with van der Waals surface area (Å²) >= 11 is 0. The quantitative estimate of drug-likeness (QED) is 0.513. The van der Waals surface area contributed by atoms with E-state index in [0.29, 0.717) is 19.9 Å². The summed E-state index contributed by atoms with van der Waals surface area (Å²) in [7, 11) is 0. The average molecular weight is 476 g/mol. The van der Waals surface area contributed by atoms with E-state index < -0.39 is 0 Å². The third kappa shape index (κ3) is 5.83. The van der Waals surface area contributed by atoms with Crippen molar-refractivity contribution in [2.45, 2.75) is 32.9 Å². The Labute approximate surface area is 206 Å². The number of carbonyl (C=O) groups is 1. The molecule has 0 bridgehead atoms. The Morgan fingerprint density at radius 3 is 2.54 bits per heavy atom. The molecule has 8 nitrogen and oxygen atoms in total. The maximum absolute atomic E-state index is 12.6. The lowest BCUT2D eigenvalue weighted by Crippen LogP contribution is -2.49. The van der Waals surface area contributed by atoms with Gasteiger partial charge in [-0.2, -0.15) is 5.10 Å². The van der Waals surface area contributed by atoms with Crippen molar-refractivity contribution in [3.8, 4) is 17.2 Å². The number of amides is 1. The highest BCUT2D eigenvalue weighted by Crippen LogP contribution is 2.32. The number of aryl methyl sites for hydroxylation is 1. The number of aromatic nitrogens is 2. The molecule has 2 aromatic carbocycles. The predicted octanol–water partition coefficient (Wildman–Crippen LogP) is 2.99. The highest BCUT2D eigenvalue weighted by atomic mass is 16.7. The van der Waals surface area contributed by atoms with E-state index >= 15 is 0 Å². The summed E-state index contributed by atoms with van der Waals surface area (Å²) in [5, 5.41) is 7.81. The van der Waals surface area contributed by atoms with Crippen LogP contribution in [-0.2, 0) is 24.3 Å². The molecule has 0 saturated carbocycles. The van der Waals surface area contributed by atoms with Gasteiger partial charge < -0.3 is 14.8 Å². The highest BCUT2D eigenvalue weighted by Gasteiger charge is 2.20. The molecule has 2 aliphatic heterocycles. The molecule has 1 N–H and O–H groups in total. The topological polar surface area (TPSA) is 71.9 Å². The molecule has 1 fully saturated rings. The lowest BCUT2D eigenvalue weighted by Gasteiger charge is -2.34. The van der Waals surface area contributed by atoms with Crippen molar-refractivity contribution in [2.75, 3.05) is 39.5 Å². The molecule has 8 heteroatoms. The second-order valence-corrected chi connectivity index (χ2v) is 9.14. The summed E-state index contributed by atoms with van der Waals surface area (Å²) in [5.74, 6) is 1.69. The molecule has 0 atom stereocenters. The first-order valence-corrected chi connectivity index (χ1v) is 12.4. The lowest BCUT2D eigenvalue weighted by atomic mass is 10.1. The Morgan fingerprint density at radius 1 is 0.971 bits per heavy atom. The van der Waals surface area contributed by atoms with Gasteiger partial charge in [0.15, 0.2) is 11.5 Å². The van der Waals surface area contributed by atoms with Crippen LogP contribution in [0.15, 0.2) is 54.6 Å². The van der Waals surface area contributed by atoms with Crippen LogP contribution in [0, 0.1) is 0 Å². The van der Waals surface area contributed by atoms with Gasteiger partial charge in [-0.15, -0.1) is 0 Å². The number of nitrogens with one attached hydrogen (secondary N) is 1. The zero-order chi connectivity index (χ0) is 24.0. The Balaban J connectivity index is 1.08. The van der Waals surface area contributed by atoms with Crippen molar-refractivity contribution in [2.24, 2.45) is 0 Å². The Morgan fingerprint density at radius 2 is 1.74 bits per heavy atom. The van der Waals surface area contributed by atoms with Gasteiger partial charge >= 0.3 is 0 Å². The van der Waals surface area contributed by atoms with E-state index in [1.165, 1.54) is 11.3 Å². The number of hydrogen-bond donors (Lipinski definition) is 1. The summed E-state index contributed by atoms with van der Waals surface area (Å²) in [4.78, 5) is 17.3. The fourth-order valence-electron chi connectivity index (χ4n) is 4.64. The molecular weight excluding hydrogens is 442 g/mol. The van der Waals surface area contributed by atoms with Crippen molar-refractivity contribution in [3.05, 3.63) is 71.5 Å². The number of hydrogen-bond acceptors (Lipinski definition) is 6. The van der Waals surface area contributed by atoms with E-state index in [-0.39, 0.29) is 5.91 Å². The Kier molecular flexibility index (Phi) is 7.30. The molecule has 184 valence electrons. The zero-order valence-electron chi connectivity index (χ0n) is 20.3. The van der Waals surface area contributed by atoms with Gasteiger partial charge in [0.2, 0.25) is 12.7 Å². The first-order valence-electron chi connectivity index (χ1n) is 12.4. The summed E-state index contributed by atoms with van der Waals surface area (Å²) in [6, 6.07) is 18.4. The third-order valence-electron chi connectivity index (χ3n) is 6.48. The second kappa shape index (κ2) is 10.9. The minimum atomic E-state index is 0.0422. The number of rotatable bonds is 9. The first-order chi connectivity index (χ1) is 17.2. The normalized spacial score (nSPS) is 15.9. The third-order valence-corrected chi connectivity index (χ3v) is 6.48. The van der Waals surface area contributed by atoms with E-state index in [9.17, 15) is 4.79 Å². The Hall–Kier alpha value is -3.36. The highest BCUT2D eigenvalue weighted by molar-refractivity contribution is 5.78. The summed E-state index contributed by atoms with van der Waals surface area (Å²) in [6.45, 7) is 7.82. The van der Waals surface area contributed by atoms with E-state index in [2.05, 4.69) is 52.4 Å². The minimum absolute atomic E-state index is 0.0422. The SMILES string of the molecule is CCCc1cc(CNC(=O)CN2CCN(Cc3ccc4c(c3)OCO4)CC2)nn1-c1ccccc1. The molecule has 1 saturated heterocycles. The zero-order valence-corrected chi connectivity index (χ0v) is 20.3. The van der Waals surface area contributed by atoms with Crippen LogP contribution in [0.5, 0.6) is 11.5 Å². The molecule has 2 aliphatic rings. The molecule has 1 aromatic heterocycles. The van der Waals surface area contributed by atoms with Crippen LogP contribution in [0.3, 0.4) is 0 Å². The summed E-state index contributed by atoms with van der Waals surface area (Å²) in [5.41, 5.74) is 4.32. The largest absolute Gasteiger partial charge is 0.454 e. The number of carbonyl (C=O) groups excluding carboxylic acids is 1. The maximum Gasteiger partial charge on any atom is 0.234 e. The standard InChI is InChI=1S/C27H33N5O3/c1-2-6-24-16-22(29-32(24)23-7-4-3-5-8-23)17-28-27(33)19-31-13-11-30(12-14-31)18-21-9-10-25-26(15-21)35-20-34-25/h3-5,7-10,15-16H,2,6,11-14,17-20H2,1H3,(H,28,33). The average Bonchev–Trinajstić information content (AvgIpc) is 3.51. The molecule has 0 spiro atoms. The van der Waals surface area contributed by atoms with E-state index in [1.54, 1.807) is 0 Å². The van der Waals surface area contributed by atoms with Crippen LogP contribution in [0.1, 0.15) is 30.3 Å². The van der Waals surface area contributed by atoms with Crippen molar-refractivity contribution >= 4 is 5.91 Å². The van der Waals surface area contributed by atoms with E-state index in [1.807, 2.05) is 28.9 Å². The molecule has 35 heavy (non-hydrogen) atoms. The minimum Gasteiger partial charge on any atom is -0.454 e. The molecule has 0 unspecified atom stereocenters. The van der Waals surface area contributed by atoms with Crippen LogP contribution in [0.25, 0.3) is 5.69 Å². The van der Waals surface area contributed by atoms with Gasteiger partial charge in [0.1, 0.15) is 0 Å². The molecular formula is C27H33N5O3. The molecule has 5 rings (SSSR count). The van der Waals surface area contributed by atoms with Crippen LogP contribution >= 0.6 is 0 Å². The van der Waals surface area contributed by atoms with Crippen LogP contribution in [-0.4, -0.2) is 65.0 Å². The fourth-order valence-corrected chi connectivity index (χ4v) is 4.64. The van der Waals surface area contributed by atoms with Gasteiger partial charge in [-0.05, 0) is 42.3 Å². The number of ether oxygens (including phenoxy) is 2. The van der Waals surface area contributed by atoms with Gasteiger partial charge in [0.05, 0.1) is 24.5 Å². The number of fused-ring (bicyclic) bond motifs is 1. The first kappa shape index (κ1) is 23.4.